The minimum Gasteiger partial charge on any atom is -0.372 e. The summed E-state index contributed by atoms with van der Waals surface area (Å²) in [4.78, 5) is 14.3. The van der Waals surface area contributed by atoms with Gasteiger partial charge in [0.1, 0.15) is 0 Å². The third kappa shape index (κ3) is 2.28. The predicted octanol–water partition coefficient (Wildman–Crippen LogP) is 1.07. The minimum absolute atomic E-state index is 0.215. The lowest BCUT2D eigenvalue weighted by Crippen LogP contribution is -2.44. The van der Waals surface area contributed by atoms with Crippen LogP contribution in [0.3, 0.4) is 0 Å². The molecule has 3 rings (SSSR count). The number of nitrogens with zero attached hydrogens (tertiary/aromatic N) is 2. The average Bonchev–Trinajstić information content (AvgIpc) is 2.85. The van der Waals surface area contributed by atoms with Crippen LogP contribution < -0.4 is 0 Å². The van der Waals surface area contributed by atoms with Gasteiger partial charge in [-0.25, -0.2) is 0 Å². The van der Waals surface area contributed by atoms with Gasteiger partial charge in [-0.3, -0.25) is 9.69 Å². The molecule has 3 heterocycles. The van der Waals surface area contributed by atoms with Crippen LogP contribution in [0.1, 0.15) is 23.2 Å². The van der Waals surface area contributed by atoms with E-state index in [1.165, 1.54) is 0 Å². The van der Waals surface area contributed by atoms with E-state index in [2.05, 4.69) is 4.90 Å². The first-order chi connectivity index (χ1) is 8.20. The van der Waals surface area contributed by atoms with Crippen molar-refractivity contribution in [2.45, 2.75) is 25.0 Å². The van der Waals surface area contributed by atoms with Crippen LogP contribution in [0, 0.1) is 0 Å². The topological polar surface area (TPSA) is 34.5 Å². The van der Waals surface area contributed by atoms with Gasteiger partial charge < -0.3 is 9.30 Å². The SMILES string of the molecule is Cn1ccc(C(=O)CN2CC3CCC(C2)O3)c1. The molecule has 0 aliphatic carbocycles. The second kappa shape index (κ2) is 4.27. The number of morpholine rings is 1. The molecule has 0 radical (unpaired) electrons. The zero-order valence-corrected chi connectivity index (χ0v) is 10.1. The number of ketones is 1. The molecule has 2 unspecified atom stereocenters. The zero-order valence-electron chi connectivity index (χ0n) is 10.1. The van der Waals surface area contributed by atoms with E-state index in [0.717, 1.165) is 31.5 Å². The number of likely N-dealkylation sites (tertiary alicyclic amines) is 1. The van der Waals surface area contributed by atoms with Gasteiger partial charge in [-0.1, -0.05) is 0 Å². The Hall–Kier alpha value is -1.13. The van der Waals surface area contributed by atoms with E-state index in [1.54, 1.807) is 0 Å². The molecule has 2 fully saturated rings. The Bertz CT molecular complexity index is 415. The fraction of sp³-hybridized carbons (Fsp3) is 0.615. The van der Waals surface area contributed by atoms with Crippen molar-refractivity contribution < 1.29 is 9.53 Å². The summed E-state index contributed by atoms with van der Waals surface area (Å²) >= 11 is 0. The number of aromatic nitrogens is 1. The average molecular weight is 234 g/mol. The molecule has 92 valence electrons. The van der Waals surface area contributed by atoms with Gasteiger partial charge in [0.2, 0.25) is 0 Å². The van der Waals surface area contributed by atoms with Crippen molar-refractivity contribution in [1.29, 1.82) is 0 Å². The van der Waals surface area contributed by atoms with Gasteiger partial charge in [0.25, 0.3) is 0 Å². The fourth-order valence-corrected chi connectivity index (χ4v) is 2.79. The van der Waals surface area contributed by atoms with Crippen molar-refractivity contribution in [1.82, 2.24) is 9.47 Å². The maximum absolute atomic E-state index is 12.1. The molecule has 0 saturated carbocycles. The molecule has 2 aliphatic rings. The van der Waals surface area contributed by atoms with E-state index in [9.17, 15) is 4.79 Å². The number of rotatable bonds is 3. The second-order valence-corrected chi connectivity index (χ2v) is 5.14. The van der Waals surface area contributed by atoms with Crippen LogP contribution in [0.4, 0.5) is 0 Å². The number of hydrogen-bond acceptors (Lipinski definition) is 3. The van der Waals surface area contributed by atoms with Crippen LogP contribution in [-0.2, 0) is 11.8 Å². The molecule has 0 spiro atoms. The summed E-state index contributed by atoms with van der Waals surface area (Å²) in [6.45, 7) is 2.35. The Morgan fingerprint density at radius 1 is 1.41 bits per heavy atom. The third-order valence-electron chi connectivity index (χ3n) is 3.64. The minimum atomic E-state index is 0.215. The van der Waals surface area contributed by atoms with Crippen molar-refractivity contribution in [3.63, 3.8) is 0 Å². The molecule has 1 aromatic rings. The lowest BCUT2D eigenvalue weighted by molar-refractivity contribution is -0.0355. The van der Waals surface area contributed by atoms with Crippen LogP contribution in [-0.4, -0.2) is 47.1 Å². The Morgan fingerprint density at radius 3 is 2.71 bits per heavy atom. The number of ether oxygens (including phenoxy) is 1. The van der Waals surface area contributed by atoms with E-state index in [4.69, 9.17) is 4.74 Å². The smallest absolute Gasteiger partial charge is 0.178 e. The standard InChI is InChI=1S/C13H18N2O2/c1-14-5-4-10(6-14)13(16)9-15-7-11-2-3-12(8-15)17-11/h4-6,11-12H,2-3,7-9H2,1H3. The van der Waals surface area contributed by atoms with Gasteiger partial charge in [-0.05, 0) is 18.9 Å². The number of carbonyl (C=O) groups excluding carboxylic acids is 1. The summed E-state index contributed by atoms with van der Waals surface area (Å²) in [5.41, 5.74) is 0.811. The molecule has 17 heavy (non-hydrogen) atoms. The van der Waals surface area contributed by atoms with Gasteiger partial charge in [0.15, 0.2) is 5.78 Å². The van der Waals surface area contributed by atoms with Crippen molar-refractivity contribution in [3.05, 3.63) is 24.0 Å². The molecule has 2 bridgehead atoms. The summed E-state index contributed by atoms with van der Waals surface area (Å²) < 4.78 is 7.67. The Morgan fingerprint density at radius 2 is 2.12 bits per heavy atom. The van der Waals surface area contributed by atoms with Gasteiger partial charge in [-0.15, -0.1) is 0 Å². The first-order valence-corrected chi connectivity index (χ1v) is 6.24. The highest BCUT2D eigenvalue weighted by atomic mass is 16.5. The number of Topliss-reactive ketones (excluding diaryl/α,β-unsaturated/α-hetero) is 1. The molecule has 0 amide bonds. The fourth-order valence-electron chi connectivity index (χ4n) is 2.79. The van der Waals surface area contributed by atoms with E-state index in [-0.39, 0.29) is 5.78 Å². The molecular weight excluding hydrogens is 216 g/mol. The second-order valence-electron chi connectivity index (χ2n) is 5.14. The zero-order chi connectivity index (χ0) is 11.8. The van der Waals surface area contributed by atoms with Gasteiger partial charge in [-0.2, -0.15) is 0 Å². The summed E-state index contributed by atoms with van der Waals surface area (Å²) in [7, 11) is 1.94. The predicted molar refractivity (Wildman–Crippen MR) is 64.1 cm³/mol. The van der Waals surface area contributed by atoms with Crippen molar-refractivity contribution in [2.75, 3.05) is 19.6 Å². The van der Waals surface area contributed by atoms with E-state index in [0.29, 0.717) is 18.8 Å². The van der Waals surface area contributed by atoms with Crippen LogP contribution in [0.25, 0.3) is 0 Å². The molecule has 0 N–H and O–H groups in total. The van der Waals surface area contributed by atoms with Crippen LogP contribution >= 0.6 is 0 Å². The lowest BCUT2D eigenvalue weighted by Gasteiger charge is -2.31. The van der Waals surface area contributed by atoms with Gasteiger partial charge in [0, 0.05) is 38.1 Å². The first-order valence-electron chi connectivity index (χ1n) is 6.24. The van der Waals surface area contributed by atoms with Crippen molar-refractivity contribution >= 4 is 5.78 Å². The van der Waals surface area contributed by atoms with Crippen LogP contribution in [0.15, 0.2) is 18.5 Å². The third-order valence-corrected chi connectivity index (χ3v) is 3.64. The monoisotopic (exact) mass is 234 g/mol. The summed E-state index contributed by atoms with van der Waals surface area (Å²) in [5, 5.41) is 0. The first kappa shape index (κ1) is 11.0. The van der Waals surface area contributed by atoms with Gasteiger partial charge >= 0.3 is 0 Å². The van der Waals surface area contributed by atoms with Crippen LogP contribution in [0.2, 0.25) is 0 Å². The largest absolute Gasteiger partial charge is 0.372 e. The maximum Gasteiger partial charge on any atom is 0.178 e. The number of aryl methyl sites for hydroxylation is 1. The Labute approximate surface area is 101 Å². The van der Waals surface area contributed by atoms with E-state index < -0.39 is 0 Å². The number of hydrogen-bond donors (Lipinski definition) is 0. The molecule has 2 aliphatic heterocycles. The number of carbonyl (C=O) groups is 1. The maximum atomic E-state index is 12.1. The highest BCUT2D eigenvalue weighted by Gasteiger charge is 2.34. The quantitative estimate of drug-likeness (QED) is 0.734. The highest BCUT2D eigenvalue weighted by molar-refractivity contribution is 5.97. The highest BCUT2D eigenvalue weighted by Crippen LogP contribution is 2.26. The summed E-state index contributed by atoms with van der Waals surface area (Å²) in [5.74, 6) is 0.215. The molecule has 1 aromatic heterocycles. The van der Waals surface area contributed by atoms with E-state index >= 15 is 0 Å². The van der Waals surface area contributed by atoms with Crippen molar-refractivity contribution in [2.24, 2.45) is 7.05 Å². The molecular formula is C13H18N2O2. The Balaban J connectivity index is 1.62. The Kier molecular flexibility index (Phi) is 2.76. The summed E-state index contributed by atoms with van der Waals surface area (Å²) in [6.07, 6.45) is 6.82. The summed E-state index contributed by atoms with van der Waals surface area (Å²) in [6, 6.07) is 1.89. The number of fused-ring (bicyclic) bond motifs is 2. The molecule has 4 nitrogen and oxygen atoms in total. The van der Waals surface area contributed by atoms with Crippen LogP contribution in [0.5, 0.6) is 0 Å². The normalized spacial score (nSPS) is 28.5. The molecule has 4 heteroatoms. The molecule has 2 atom stereocenters. The lowest BCUT2D eigenvalue weighted by atomic mass is 10.2. The van der Waals surface area contributed by atoms with Crippen molar-refractivity contribution in [3.8, 4) is 0 Å². The van der Waals surface area contributed by atoms with E-state index in [1.807, 2.05) is 30.1 Å². The molecule has 2 saturated heterocycles. The molecule has 0 aromatic carbocycles. The van der Waals surface area contributed by atoms with Gasteiger partial charge in [0.05, 0.1) is 18.8 Å².